The van der Waals surface area contributed by atoms with Gasteiger partial charge in [-0.1, -0.05) is 42.5 Å². The Morgan fingerprint density at radius 2 is 1.77 bits per heavy atom. The molecular weight excluding hydrogens is 353 g/mol. The van der Waals surface area contributed by atoms with Gasteiger partial charge in [-0.2, -0.15) is 0 Å². The van der Waals surface area contributed by atoms with E-state index in [1.54, 1.807) is 4.31 Å². The Morgan fingerprint density at radius 1 is 1.04 bits per heavy atom. The van der Waals surface area contributed by atoms with Crippen molar-refractivity contribution >= 4 is 10.0 Å². The van der Waals surface area contributed by atoms with Gasteiger partial charge in [0.25, 0.3) is 0 Å². The molecule has 0 aliphatic carbocycles. The summed E-state index contributed by atoms with van der Waals surface area (Å²) in [6.45, 7) is 2.12. The van der Waals surface area contributed by atoms with Gasteiger partial charge in [0.1, 0.15) is 5.82 Å². The highest BCUT2D eigenvalue weighted by Gasteiger charge is 2.29. The Hall–Kier alpha value is -1.76. The summed E-state index contributed by atoms with van der Waals surface area (Å²) in [5, 5.41) is 0. The first-order valence-corrected chi connectivity index (χ1v) is 10.5. The van der Waals surface area contributed by atoms with Gasteiger partial charge in [-0.3, -0.25) is 0 Å². The number of halogens is 1. The SMILES string of the molecule is O=S(=O)(Cc1ccc(F)cc1)N1CCCC(COCc2ccccc2)C1. The Labute approximate surface area is 154 Å². The fourth-order valence-electron chi connectivity index (χ4n) is 3.22. The molecule has 140 valence electrons. The van der Waals surface area contributed by atoms with Gasteiger partial charge >= 0.3 is 0 Å². The van der Waals surface area contributed by atoms with Crippen LogP contribution in [0, 0.1) is 11.7 Å². The van der Waals surface area contributed by atoms with Crippen molar-refractivity contribution in [3.63, 3.8) is 0 Å². The van der Waals surface area contributed by atoms with E-state index in [-0.39, 0.29) is 17.5 Å². The summed E-state index contributed by atoms with van der Waals surface area (Å²) in [4.78, 5) is 0. The second-order valence-electron chi connectivity index (χ2n) is 6.75. The molecule has 1 heterocycles. The normalized spacial score (nSPS) is 18.7. The van der Waals surface area contributed by atoms with Gasteiger partial charge in [0.2, 0.25) is 10.0 Å². The third kappa shape index (κ3) is 5.37. The molecule has 1 unspecified atom stereocenters. The van der Waals surface area contributed by atoms with E-state index in [9.17, 15) is 12.8 Å². The Kier molecular flexibility index (Phi) is 6.40. The van der Waals surface area contributed by atoms with Crippen LogP contribution in [0.4, 0.5) is 4.39 Å². The van der Waals surface area contributed by atoms with Crippen molar-refractivity contribution in [3.05, 3.63) is 71.5 Å². The van der Waals surface area contributed by atoms with E-state index in [2.05, 4.69) is 0 Å². The van der Waals surface area contributed by atoms with Crippen LogP contribution in [-0.2, 0) is 27.1 Å². The molecule has 1 aliphatic rings. The minimum atomic E-state index is -3.40. The molecule has 1 saturated heterocycles. The summed E-state index contributed by atoms with van der Waals surface area (Å²) in [6.07, 6.45) is 1.80. The molecular formula is C20H24FNO3S. The summed E-state index contributed by atoms with van der Waals surface area (Å²) >= 11 is 0. The molecule has 0 amide bonds. The predicted molar refractivity (Wildman–Crippen MR) is 99.4 cm³/mol. The molecule has 1 aliphatic heterocycles. The van der Waals surface area contributed by atoms with E-state index < -0.39 is 10.0 Å². The molecule has 3 rings (SSSR count). The van der Waals surface area contributed by atoms with Gasteiger partial charge in [-0.25, -0.2) is 17.1 Å². The first-order valence-electron chi connectivity index (χ1n) is 8.87. The zero-order valence-corrected chi connectivity index (χ0v) is 15.5. The highest BCUT2D eigenvalue weighted by atomic mass is 32.2. The first-order chi connectivity index (χ1) is 12.5. The van der Waals surface area contributed by atoms with E-state index in [0.717, 1.165) is 18.4 Å². The van der Waals surface area contributed by atoms with Crippen molar-refractivity contribution in [1.29, 1.82) is 0 Å². The lowest BCUT2D eigenvalue weighted by Gasteiger charge is -2.31. The van der Waals surface area contributed by atoms with Crippen LogP contribution in [0.3, 0.4) is 0 Å². The van der Waals surface area contributed by atoms with Crippen LogP contribution in [0.5, 0.6) is 0 Å². The van der Waals surface area contributed by atoms with Crippen LogP contribution >= 0.6 is 0 Å². The number of hydrogen-bond acceptors (Lipinski definition) is 3. The van der Waals surface area contributed by atoms with Crippen molar-refractivity contribution in [2.45, 2.75) is 25.2 Å². The number of sulfonamides is 1. The van der Waals surface area contributed by atoms with Crippen LogP contribution in [0.15, 0.2) is 54.6 Å². The molecule has 2 aromatic rings. The van der Waals surface area contributed by atoms with Crippen LogP contribution in [0.1, 0.15) is 24.0 Å². The zero-order chi connectivity index (χ0) is 18.4. The highest BCUT2D eigenvalue weighted by Crippen LogP contribution is 2.22. The zero-order valence-electron chi connectivity index (χ0n) is 14.7. The van der Waals surface area contributed by atoms with Crippen LogP contribution < -0.4 is 0 Å². The first kappa shape index (κ1) is 19.0. The molecule has 2 aromatic carbocycles. The van der Waals surface area contributed by atoms with Gasteiger partial charge in [-0.05, 0) is 42.0 Å². The third-order valence-corrected chi connectivity index (χ3v) is 6.42. The molecule has 0 radical (unpaired) electrons. The second kappa shape index (κ2) is 8.75. The fraction of sp³-hybridized carbons (Fsp3) is 0.400. The maximum absolute atomic E-state index is 13.0. The summed E-state index contributed by atoms with van der Waals surface area (Å²) in [6, 6.07) is 15.6. The average Bonchev–Trinajstić information content (AvgIpc) is 2.65. The molecule has 1 fully saturated rings. The van der Waals surface area contributed by atoms with Crippen LogP contribution in [0.2, 0.25) is 0 Å². The molecule has 0 saturated carbocycles. The number of nitrogens with zero attached hydrogens (tertiary/aromatic N) is 1. The van der Waals surface area contributed by atoms with Crippen molar-refractivity contribution in [2.24, 2.45) is 5.92 Å². The van der Waals surface area contributed by atoms with Gasteiger partial charge in [0.05, 0.1) is 19.0 Å². The molecule has 0 aromatic heterocycles. The maximum Gasteiger partial charge on any atom is 0.218 e. The highest BCUT2D eigenvalue weighted by molar-refractivity contribution is 7.88. The van der Waals surface area contributed by atoms with Crippen molar-refractivity contribution in [1.82, 2.24) is 4.31 Å². The average molecular weight is 377 g/mol. The van der Waals surface area contributed by atoms with E-state index in [0.29, 0.717) is 31.9 Å². The fourth-order valence-corrected chi connectivity index (χ4v) is 4.86. The lowest BCUT2D eigenvalue weighted by Crippen LogP contribution is -2.41. The minimum Gasteiger partial charge on any atom is -0.376 e. The van der Waals surface area contributed by atoms with E-state index in [1.807, 2.05) is 30.3 Å². The van der Waals surface area contributed by atoms with Crippen molar-refractivity contribution in [3.8, 4) is 0 Å². The Balaban J connectivity index is 1.52. The Bertz CT molecular complexity index is 794. The summed E-state index contributed by atoms with van der Waals surface area (Å²) in [5.41, 5.74) is 1.72. The molecule has 0 N–H and O–H groups in total. The topological polar surface area (TPSA) is 46.6 Å². The molecule has 0 bridgehead atoms. The second-order valence-corrected chi connectivity index (χ2v) is 8.72. The number of rotatable bonds is 7. The number of ether oxygens (including phenoxy) is 1. The number of hydrogen-bond donors (Lipinski definition) is 0. The largest absolute Gasteiger partial charge is 0.376 e. The maximum atomic E-state index is 13.0. The molecule has 1 atom stereocenters. The third-order valence-electron chi connectivity index (χ3n) is 4.60. The quantitative estimate of drug-likeness (QED) is 0.741. The van der Waals surface area contributed by atoms with Crippen molar-refractivity contribution in [2.75, 3.05) is 19.7 Å². The summed E-state index contributed by atoms with van der Waals surface area (Å²) in [5.74, 6) is -0.250. The standard InChI is InChI=1S/C20H24FNO3S/c21-20-10-8-18(9-11-20)16-26(23,24)22-12-4-7-19(13-22)15-25-14-17-5-2-1-3-6-17/h1-3,5-6,8-11,19H,4,7,12-16H2. The molecule has 6 heteroatoms. The van der Waals surface area contributed by atoms with Gasteiger partial charge < -0.3 is 4.74 Å². The molecule has 0 spiro atoms. The number of piperidine rings is 1. The van der Waals surface area contributed by atoms with Gasteiger partial charge in [0, 0.05) is 13.1 Å². The smallest absolute Gasteiger partial charge is 0.218 e. The lowest BCUT2D eigenvalue weighted by atomic mass is 10.0. The van der Waals surface area contributed by atoms with E-state index in [4.69, 9.17) is 4.74 Å². The van der Waals surface area contributed by atoms with Crippen LogP contribution in [0.25, 0.3) is 0 Å². The van der Waals surface area contributed by atoms with Crippen molar-refractivity contribution < 1.29 is 17.5 Å². The van der Waals surface area contributed by atoms with Crippen LogP contribution in [-0.4, -0.2) is 32.4 Å². The molecule has 4 nitrogen and oxygen atoms in total. The van der Waals surface area contributed by atoms with E-state index in [1.165, 1.54) is 24.3 Å². The predicted octanol–water partition coefficient (Wildman–Crippen LogP) is 3.58. The number of benzene rings is 2. The van der Waals surface area contributed by atoms with Gasteiger partial charge in [0.15, 0.2) is 0 Å². The Morgan fingerprint density at radius 3 is 2.50 bits per heavy atom. The van der Waals surface area contributed by atoms with Gasteiger partial charge in [-0.15, -0.1) is 0 Å². The van der Waals surface area contributed by atoms with E-state index >= 15 is 0 Å². The minimum absolute atomic E-state index is 0.0924. The molecule has 26 heavy (non-hydrogen) atoms. The lowest BCUT2D eigenvalue weighted by molar-refractivity contribution is 0.0672. The summed E-state index contributed by atoms with van der Waals surface area (Å²) < 4.78 is 45.7. The monoisotopic (exact) mass is 377 g/mol. The summed E-state index contributed by atoms with van der Waals surface area (Å²) in [7, 11) is -3.40.